The lowest BCUT2D eigenvalue weighted by Crippen LogP contribution is -2.12. The Balaban J connectivity index is 0.000000143. The Morgan fingerprint density at radius 2 is 1.49 bits per heavy atom. The number of benzene rings is 1. The van der Waals surface area contributed by atoms with Gasteiger partial charge in [0.25, 0.3) is 0 Å². The summed E-state index contributed by atoms with van der Waals surface area (Å²) >= 11 is 0. The number of aromatic nitrogens is 4. The second kappa shape index (κ2) is 18.9. The van der Waals surface area contributed by atoms with Gasteiger partial charge in [-0.1, -0.05) is 42.0 Å². The monoisotopic (exact) mass is 658 g/mol. The Kier molecular flexibility index (Phi) is 13.2. The van der Waals surface area contributed by atoms with E-state index in [1.54, 1.807) is 18.8 Å². The van der Waals surface area contributed by atoms with Crippen LogP contribution in [0.3, 0.4) is 0 Å². The molecule has 3 aliphatic rings. The summed E-state index contributed by atoms with van der Waals surface area (Å²) in [5.74, 6) is 4.90. The van der Waals surface area contributed by atoms with Crippen molar-refractivity contribution in [1.29, 1.82) is 0 Å². The Labute approximate surface area is 284 Å². The van der Waals surface area contributed by atoms with Gasteiger partial charge in [0.1, 0.15) is 48.5 Å². The first-order chi connectivity index (χ1) is 24.2. The summed E-state index contributed by atoms with van der Waals surface area (Å²) in [7, 11) is 0. The largest absolute Gasteiger partial charge is 0.467 e. The van der Waals surface area contributed by atoms with Crippen LogP contribution in [-0.4, -0.2) is 69.5 Å². The minimum absolute atomic E-state index is 0.0843. The second-order valence-electron chi connectivity index (χ2n) is 10.6. The fourth-order valence-electron chi connectivity index (χ4n) is 4.52. The number of aliphatic hydroxyl groups is 1. The quantitative estimate of drug-likeness (QED) is 0.167. The molecule has 0 spiro atoms. The van der Waals surface area contributed by atoms with Gasteiger partial charge < -0.3 is 25.5 Å². The summed E-state index contributed by atoms with van der Waals surface area (Å²) in [5, 5.41) is 18.5. The third-order valence-corrected chi connectivity index (χ3v) is 7.08. The number of fused-ring (bicyclic) bond motifs is 2. The highest BCUT2D eigenvalue weighted by atomic mass is 16.3. The maximum Gasteiger partial charge on any atom is 0.160 e. The predicted molar refractivity (Wildman–Crippen MR) is 195 cm³/mol. The molecule has 0 atom stereocenters. The highest BCUT2D eigenvalue weighted by Crippen LogP contribution is 2.27. The summed E-state index contributed by atoms with van der Waals surface area (Å²) in [6.07, 6.45) is 19.3. The molecule has 0 fully saturated rings. The third-order valence-electron chi connectivity index (χ3n) is 7.08. The standard InChI is InChI=1S/C13H12N4.C11H10N4O.C11H16N4O/c1-2-4-10(5-3-1)8-15-13-11-6-7-14-12(11)16-9-17-13;1-2-8(16-5-1)6-13-11-9-3-4-12-10(9)14-7-15-11;1-10(7-16)4-6-14-11-3-2-5-12-8-13-9-15-11/h1-5,7,9H,6,8H2,(H,15,16,17);1-2,4-5,7H,3,6H2,(H,13,14,15);3-5,8-9,14,16H,2,6-7H2,1H3/b;;10-4+,11-3?,12-5?,13-8?,15-9?. The lowest BCUT2D eigenvalue weighted by Gasteiger charge is -2.08. The van der Waals surface area contributed by atoms with Gasteiger partial charge >= 0.3 is 0 Å². The zero-order valence-electron chi connectivity index (χ0n) is 27.1. The highest BCUT2D eigenvalue weighted by molar-refractivity contribution is 5.80. The van der Waals surface area contributed by atoms with Crippen molar-refractivity contribution in [1.82, 2.24) is 25.3 Å². The van der Waals surface area contributed by atoms with Crippen molar-refractivity contribution in [2.45, 2.75) is 39.3 Å². The fraction of sp³-hybridized carbons (Fsp3) is 0.229. The first-order valence-electron chi connectivity index (χ1n) is 15.7. The van der Waals surface area contributed by atoms with Crippen LogP contribution in [0.1, 0.15) is 35.8 Å². The lowest BCUT2D eigenvalue weighted by molar-refractivity contribution is 0.331. The van der Waals surface area contributed by atoms with E-state index < -0.39 is 0 Å². The van der Waals surface area contributed by atoms with Crippen LogP contribution < -0.4 is 16.0 Å². The molecule has 49 heavy (non-hydrogen) atoms. The third kappa shape index (κ3) is 11.0. The number of hydrogen-bond acceptors (Lipinski definition) is 14. The first kappa shape index (κ1) is 34.2. The SMILES string of the molecule is C/C(=C\CNC1=CCC=NC=NC=N1)CO.C1=Nc2ncnc(NCc3ccccc3)c2C1.C1=Nc2ncnc(NCc3ccco3)c2C1. The zero-order chi connectivity index (χ0) is 33.9. The van der Waals surface area contributed by atoms with E-state index in [1.807, 2.05) is 61.8 Å². The molecule has 3 aliphatic heterocycles. The highest BCUT2D eigenvalue weighted by Gasteiger charge is 2.14. The Hall–Kier alpha value is -6.15. The van der Waals surface area contributed by atoms with Crippen molar-refractivity contribution >= 4 is 54.6 Å². The number of rotatable bonds is 10. The van der Waals surface area contributed by atoms with Crippen LogP contribution in [0.5, 0.6) is 0 Å². The van der Waals surface area contributed by atoms with Crippen LogP contribution in [0.4, 0.5) is 23.3 Å². The zero-order valence-corrected chi connectivity index (χ0v) is 27.1. The van der Waals surface area contributed by atoms with Crippen molar-refractivity contribution in [2.24, 2.45) is 25.0 Å². The number of furan rings is 1. The Morgan fingerprint density at radius 1 is 0.776 bits per heavy atom. The van der Waals surface area contributed by atoms with E-state index in [2.05, 4.69) is 73.0 Å². The van der Waals surface area contributed by atoms with Gasteiger partial charge in [0.2, 0.25) is 0 Å². The average Bonchev–Trinajstić information content (AvgIpc) is 3.95. The molecule has 14 heteroatoms. The molecule has 0 saturated carbocycles. The van der Waals surface area contributed by atoms with Gasteiger partial charge in [0, 0.05) is 62.1 Å². The van der Waals surface area contributed by atoms with Crippen LogP contribution in [0.15, 0.2) is 114 Å². The molecule has 7 rings (SSSR count). The van der Waals surface area contributed by atoms with E-state index in [9.17, 15) is 0 Å². The molecule has 250 valence electrons. The van der Waals surface area contributed by atoms with Crippen LogP contribution in [0.2, 0.25) is 0 Å². The van der Waals surface area contributed by atoms with Gasteiger partial charge in [0.15, 0.2) is 11.6 Å². The van der Waals surface area contributed by atoms with Crippen molar-refractivity contribution in [3.05, 3.63) is 107 Å². The molecule has 0 bridgehead atoms. The number of nitrogens with zero attached hydrogens (tertiary/aromatic N) is 9. The van der Waals surface area contributed by atoms with Crippen LogP contribution >= 0.6 is 0 Å². The number of nitrogens with one attached hydrogen (secondary N) is 3. The molecule has 0 unspecified atom stereocenters. The second-order valence-corrected chi connectivity index (χ2v) is 10.6. The number of hydrogen-bond donors (Lipinski definition) is 4. The minimum atomic E-state index is 0.0843. The van der Waals surface area contributed by atoms with Gasteiger partial charge in [0.05, 0.1) is 19.4 Å². The number of aliphatic imine (C=N–C) groups is 5. The molecule has 4 N–H and O–H groups in total. The number of anilines is 2. The van der Waals surface area contributed by atoms with Crippen LogP contribution in [0, 0.1) is 0 Å². The molecule has 0 aliphatic carbocycles. The van der Waals surface area contributed by atoms with E-state index >= 15 is 0 Å². The van der Waals surface area contributed by atoms with Gasteiger partial charge in [-0.25, -0.2) is 44.9 Å². The molecule has 0 amide bonds. The van der Waals surface area contributed by atoms with E-state index in [0.717, 1.165) is 70.9 Å². The normalized spacial score (nSPS) is 13.8. The van der Waals surface area contributed by atoms with Crippen molar-refractivity contribution in [2.75, 3.05) is 23.8 Å². The molecule has 3 aromatic heterocycles. The number of aliphatic hydroxyl groups excluding tert-OH is 1. The van der Waals surface area contributed by atoms with Gasteiger partial charge in [-0.3, -0.25) is 0 Å². The van der Waals surface area contributed by atoms with Crippen molar-refractivity contribution < 1.29 is 9.52 Å². The molecular formula is C35H38N12O2. The van der Waals surface area contributed by atoms with Crippen molar-refractivity contribution in [3.8, 4) is 0 Å². The molecule has 0 radical (unpaired) electrons. The van der Waals surface area contributed by atoms with Gasteiger partial charge in [-0.2, -0.15) is 0 Å². The molecular weight excluding hydrogens is 620 g/mol. The maximum atomic E-state index is 8.81. The summed E-state index contributed by atoms with van der Waals surface area (Å²) in [4.78, 5) is 36.9. The Morgan fingerprint density at radius 3 is 2.16 bits per heavy atom. The predicted octanol–water partition coefficient (Wildman–Crippen LogP) is 5.17. The molecule has 1 aromatic carbocycles. The van der Waals surface area contributed by atoms with E-state index in [4.69, 9.17) is 9.52 Å². The maximum absolute atomic E-state index is 8.81. The van der Waals surface area contributed by atoms with Crippen LogP contribution in [-0.2, 0) is 25.9 Å². The molecule has 14 nitrogen and oxygen atoms in total. The summed E-state index contributed by atoms with van der Waals surface area (Å²) in [6, 6.07) is 14.0. The van der Waals surface area contributed by atoms with Gasteiger partial charge in [-0.15, -0.1) is 0 Å². The van der Waals surface area contributed by atoms with E-state index in [1.165, 1.54) is 24.6 Å². The lowest BCUT2D eigenvalue weighted by atomic mass is 10.2. The summed E-state index contributed by atoms with van der Waals surface area (Å²) in [6.45, 7) is 3.98. The first-order valence-corrected chi connectivity index (χ1v) is 15.7. The van der Waals surface area contributed by atoms with Crippen LogP contribution in [0.25, 0.3) is 0 Å². The smallest absolute Gasteiger partial charge is 0.160 e. The van der Waals surface area contributed by atoms with E-state index in [0.29, 0.717) is 19.5 Å². The molecule has 4 aromatic rings. The summed E-state index contributed by atoms with van der Waals surface area (Å²) in [5.41, 5.74) is 4.30. The topological polar surface area (TPSA) is 183 Å². The number of allylic oxidation sites excluding steroid dienone is 1. The fourth-order valence-corrected chi connectivity index (χ4v) is 4.52. The molecule has 0 saturated heterocycles. The molecule has 6 heterocycles. The Bertz CT molecular complexity index is 1850. The average molecular weight is 659 g/mol. The summed E-state index contributed by atoms with van der Waals surface area (Å²) < 4.78 is 5.24. The minimum Gasteiger partial charge on any atom is -0.467 e. The van der Waals surface area contributed by atoms with Crippen molar-refractivity contribution in [3.63, 3.8) is 0 Å². The van der Waals surface area contributed by atoms with E-state index in [-0.39, 0.29) is 6.61 Å². The van der Waals surface area contributed by atoms with Gasteiger partial charge in [-0.05, 0) is 30.7 Å².